The first-order valence-corrected chi connectivity index (χ1v) is 4.59. The van der Waals surface area contributed by atoms with Crippen molar-refractivity contribution >= 4 is 5.91 Å². The van der Waals surface area contributed by atoms with E-state index in [0.717, 1.165) is 5.69 Å². The molecule has 0 fully saturated rings. The molecule has 1 heterocycles. The van der Waals surface area contributed by atoms with Gasteiger partial charge in [0.05, 0.1) is 12.8 Å². The van der Waals surface area contributed by atoms with E-state index in [4.69, 9.17) is 0 Å². The van der Waals surface area contributed by atoms with E-state index in [-0.39, 0.29) is 5.91 Å². The number of aromatic nitrogens is 3. The normalized spacial score (nSPS) is 10.1. The van der Waals surface area contributed by atoms with E-state index in [1.165, 1.54) is 13.4 Å². The number of hydroxylamine groups is 1. The first-order chi connectivity index (χ1) is 7.81. The van der Waals surface area contributed by atoms with E-state index in [9.17, 15) is 4.79 Å². The summed E-state index contributed by atoms with van der Waals surface area (Å²) in [5.74, 6) is -0.301. The lowest BCUT2D eigenvalue weighted by Gasteiger charge is -2.04. The monoisotopic (exact) mass is 218 g/mol. The summed E-state index contributed by atoms with van der Waals surface area (Å²) in [7, 11) is 1.39. The third-order valence-corrected chi connectivity index (χ3v) is 1.99. The third-order valence-electron chi connectivity index (χ3n) is 1.99. The number of hydrogen-bond donors (Lipinski definition) is 1. The lowest BCUT2D eigenvalue weighted by molar-refractivity contribution is 0.0537. The molecule has 2 aromatic rings. The second kappa shape index (κ2) is 4.54. The fourth-order valence-electron chi connectivity index (χ4n) is 1.28. The number of nitrogens with one attached hydrogen (secondary N) is 1. The van der Waals surface area contributed by atoms with E-state index in [0.29, 0.717) is 5.56 Å². The van der Waals surface area contributed by atoms with Gasteiger partial charge in [-0.15, -0.1) is 0 Å². The van der Waals surface area contributed by atoms with Gasteiger partial charge in [0, 0.05) is 5.56 Å². The van der Waals surface area contributed by atoms with Crippen LogP contribution in [0, 0.1) is 0 Å². The molecule has 1 aromatic heterocycles. The first-order valence-electron chi connectivity index (χ1n) is 4.59. The van der Waals surface area contributed by atoms with Crippen molar-refractivity contribution in [3.63, 3.8) is 0 Å². The predicted molar refractivity (Wildman–Crippen MR) is 55.8 cm³/mol. The molecule has 0 aliphatic heterocycles. The van der Waals surface area contributed by atoms with Gasteiger partial charge in [0.2, 0.25) is 0 Å². The number of hydrogen-bond acceptors (Lipinski definition) is 4. The minimum Gasteiger partial charge on any atom is -0.277 e. The predicted octanol–water partition coefficient (Wildman–Crippen LogP) is 0.559. The van der Waals surface area contributed by atoms with Gasteiger partial charge < -0.3 is 0 Å². The highest BCUT2D eigenvalue weighted by molar-refractivity contribution is 5.93. The van der Waals surface area contributed by atoms with E-state index in [2.05, 4.69) is 20.4 Å². The zero-order valence-corrected chi connectivity index (χ0v) is 8.62. The number of nitrogens with zero attached hydrogens (tertiary/aromatic N) is 3. The molecule has 1 amide bonds. The highest BCUT2D eigenvalue weighted by atomic mass is 16.6. The van der Waals surface area contributed by atoms with Crippen LogP contribution in [0.2, 0.25) is 0 Å². The number of benzene rings is 1. The maximum absolute atomic E-state index is 11.5. The average molecular weight is 218 g/mol. The van der Waals surface area contributed by atoms with Crippen LogP contribution in [-0.2, 0) is 4.84 Å². The Morgan fingerprint density at radius 3 is 3.06 bits per heavy atom. The molecule has 0 saturated heterocycles. The van der Waals surface area contributed by atoms with Crippen molar-refractivity contribution in [2.24, 2.45) is 0 Å². The summed E-state index contributed by atoms with van der Waals surface area (Å²) in [4.78, 5) is 19.9. The molecule has 0 spiro atoms. The Kier molecular flexibility index (Phi) is 2.93. The minimum absolute atomic E-state index is 0.301. The van der Waals surface area contributed by atoms with Crippen LogP contribution in [0.25, 0.3) is 5.69 Å². The molecule has 1 N–H and O–H groups in total. The summed E-state index contributed by atoms with van der Waals surface area (Å²) in [6.07, 6.45) is 3.00. The molecule has 0 saturated carbocycles. The van der Waals surface area contributed by atoms with Gasteiger partial charge in [0.15, 0.2) is 0 Å². The fourth-order valence-corrected chi connectivity index (χ4v) is 1.28. The van der Waals surface area contributed by atoms with Crippen LogP contribution < -0.4 is 5.48 Å². The van der Waals surface area contributed by atoms with Crippen LogP contribution >= 0.6 is 0 Å². The number of rotatable bonds is 3. The molecule has 2 rings (SSSR count). The van der Waals surface area contributed by atoms with Gasteiger partial charge in [-0.25, -0.2) is 15.1 Å². The zero-order chi connectivity index (χ0) is 11.4. The molecular formula is C10H10N4O2. The van der Waals surface area contributed by atoms with Crippen LogP contribution in [0.3, 0.4) is 0 Å². The Balaban J connectivity index is 2.30. The topological polar surface area (TPSA) is 69.0 Å². The Bertz CT molecular complexity index is 481. The fraction of sp³-hybridized carbons (Fsp3) is 0.100. The van der Waals surface area contributed by atoms with Crippen LogP contribution in [0.1, 0.15) is 10.4 Å². The Morgan fingerprint density at radius 2 is 2.38 bits per heavy atom. The molecule has 1 aromatic carbocycles. The standard InChI is InChI=1S/C10H10N4O2/c1-16-13-10(15)8-3-2-4-9(5-8)14-7-11-6-12-14/h2-7H,1H3,(H,13,15). The lowest BCUT2D eigenvalue weighted by atomic mass is 10.2. The highest BCUT2D eigenvalue weighted by Gasteiger charge is 2.06. The van der Waals surface area contributed by atoms with Crippen molar-refractivity contribution in [2.45, 2.75) is 0 Å². The molecule has 0 aliphatic carbocycles. The lowest BCUT2D eigenvalue weighted by Crippen LogP contribution is -2.21. The second-order valence-corrected chi connectivity index (χ2v) is 3.03. The van der Waals surface area contributed by atoms with Gasteiger partial charge in [-0.05, 0) is 18.2 Å². The Morgan fingerprint density at radius 1 is 1.50 bits per heavy atom. The Labute approximate surface area is 91.8 Å². The molecule has 0 bridgehead atoms. The van der Waals surface area contributed by atoms with Gasteiger partial charge in [-0.2, -0.15) is 5.10 Å². The molecule has 0 unspecified atom stereocenters. The molecule has 6 nitrogen and oxygen atoms in total. The first kappa shape index (κ1) is 10.3. The molecule has 0 radical (unpaired) electrons. The largest absolute Gasteiger partial charge is 0.277 e. The Hall–Kier alpha value is -2.21. The van der Waals surface area contributed by atoms with Crippen LogP contribution in [0.4, 0.5) is 0 Å². The molecule has 16 heavy (non-hydrogen) atoms. The zero-order valence-electron chi connectivity index (χ0n) is 8.62. The third kappa shape index (κ3) is 2.06. The van der Waals surface area contributed by atoms with Crippen LogP contribution in [-0.4, -0.2) is 27.8 Å². The van der Waals surface area contributed by atoms with E-state index in [1.807, 2.05) is 6.07 Å². The van der Waals surface area contributed by atoms with Crippen molar-refractivity contribution in [3.05, 3.63) is 42.5 Å². The van der Waals surface area contributed by atoms with Gasteiger partial charge in [-0.1, -0.05) is 6.07 Å². The van der Waals surface area contributed by atoms with Crippen molar-refractivity contribution in [2.75, 3.05) is 7.11 Å². The van der Waals surface area contributed by atoms with E-state index in [1.54, 1.807) is 29.2 Å². The molecule has 0 atom stereocenters. The molecule has 0 aliphatic rings. The van der Waals surface area contributed by atoms with Gasteiger partial charge in [0.25, 0.3) is 5.91 Å². The average Bonchev–Trinajstić information content (AvgIpc) is 2.83. The molecular weight excluding hydrogens is 208 g/mol. The summed E-state index contributed by atoms with van der Waals surface area (Å²) in [5, 5.41) is 3.98. The number of carbonyl (C=O) groups is 1. The number of carbonyl (C=O) groups excluding carboxylic acids is 1. The summed E-state index contributed by atoms with van der Waals surface area (Å²) in [6.45, 7) is 0. The minimum atomic E-state index is -0.301. The maximum atomic E-state index is 11.5. The van der Waals surface area contributed by atoms with Gasteiger partial charge in [-0.3, -0.25) is 9.63 Å². The summed E-state index contributed by atoms with van der Waals surface area (Å²) in [5.41, 5.74) is 3.51. The van der Waals surface area contributed by atoms with Crippen molar-refractivity contribution in [1.82, 2.24) is 20.2 Å². The van der Waals surface area contributed by atoms with Gasteiger partial charge >= 0.3 is 0 Å². The van der Waals surface area contributed by atoms with E-state index < -0.39 is 0 Å². The molecule has 82 valence electrons. The molecule has 6 heteroatoms. The van der Waals surface area contributed by atoms with Gasteiger partial charge in [0.1, 0.15) is 12.7 Å². The van der Waals surface area contributed by atoms with Crippen LogP contribution in [0.15, 0.2) is 36.9 Å². The summed E-state index contributed by atoms with van der Waals surface area (Å²) in [6, 6.07) is 6.98. The maximum Gasteiger partial charge on any atom is 0.274 e. The smallest absolute Gasteiger partial charge is 0.274 e. The highest BCUT2D eigenvalue weighted by Crippen LogP contribution is 2.08. The van der Waals surface area contributed by atoms with Crippen molar-refractivity contribution in [3.8, 4) is 5.69 Å². The summed E-state index contributed by atoms with van der Waals surface area (Å²) < 4.78 is 1.57. The quantitative estimate of drug-likeness (QED) is 0.764. The van der Waals surface area contributed by atoms with Crippen molar-refractivity contribution < 1.29 is 9.63 Å². The van der Waals surface area contributed by atoms with Crippen LogP contribution in [0.5, 0.6) is 0 Å². The second-order valence-electron chi connectivity index (χ2n) is 3.03. The summed E-state index contributed by atoms with van der Waals surface area (Å²) >= 11 is 0. The van der Waals surface area contributed by atoms with Crippen molar-refractivity contribution in [1.29, 1.82) is 0 Å². The number of amides is 1. The van der Waals surface area contributed by atoms with E-state index >= 15 is 0 Å². The SMILES string of the molecule is CONC(=O)c1cccc(-n2cncn2)c1.